The highest BCUT2D eigenvalue weighted by atomic mass is 79.9. The maximum Gasteiger partial charge on any atom is 0.0540 e. The molecule has 0 unspecified atom stereocenters. The van der Waals surface area contributed by atoms with Crippen molar-refractivity contribution in [2.45, 2.75) is 0 Å². The third-order valence-corrected chi connectivity index (χ3v) is 27.5. The molecular weight excluding hydrogens is 1550 g/mol. The number of para-hydroxylation sites is 4. The second-order valence-electron chi connectivity index (χ2n) is 33.1. The monoisotopic (exact) mass is 1620 g/mol. The van der Waals surface area contributed by atoms with Crippen molar-refractivity contribution in [3.05, 3.63) is 429 Å². The molecule has 0 aliphatic carbocycles. The highest BCUT2D eigenvalue weighted by Crippen LogP contribution is 2.61. The molecule has 123 heavy (non-hydrogen) atoms. The van der Waals surface area contributed by atoms with E-state index in [-0.39, 0.29) is 0 Å². The van der Waals surface area contributed by atoms with Crippen LogP contribution in [-0.2, 0) is 0 Å². The molecule has 0 saturated carbocycles. The molecule has 0 bridgehead atoms. The molecule has 3 heteroatoms. The minimum Gasteiger partial charge on any atom is -0.356 e. The van der Waals surface area contributed by atoms with Crippen LogP contribution >= 0.6 is 15.9 Å². The molecule has 0 heterocycles. The van der Waals surface area contributed by atoms with Gasteiger partial charge in [0, 0.05) is 32.6 Å². The van der Waals surface area contributed by atoms with Crippen LogP contribution in [0.5, 0.6) is 0 Å². The van der Waals surface area contributed by atoms with Crippen molar-refractivity contribution in [1.82, 2.24) is 0 Å². The molecule has 0 aromatic heterocycles. The number of hydrogen-bond donors (Lipinski definition) is 1. The minimum atomic E-state index is 1.12. The number of hydrogen-bond acceptors (Lipinski definition) is 2. The molecule has 0 radical (unpaired) electrons. The summed E-state index contributed by atoms with van der Waals surface area (Å²) < 4.78 is 1.14. The van der Waals surface area contributed by atoms with Crippen LogP contribution in [0.3, 0.4) is 0 Å². The third-order valence-electron chi connectivity index (χ3n) is 26.8. The predicted octanol–water partition coefficient (Wildman–Crippen LogP) is 35.1. The first-order valence-electron chi connectivity index (χ1n) is 42.6. The van der Waals surface area contributed by atoms with Crippen molar-refractivity contribution in [2.24, 2.45) is 0 Å². The molecule has 28 aromatic carbocycles. The van der Waals surface area contributed by atoms with Gasteiger partial charge in [0.05, 0.1) is 5.69 Å². The fourth-order valence-electron chi connectivity index (χ4n) is 22.1. The van der Waals surface area contributed by atoms with E-state index in [1.54, 1.807) is 0 Å². The summed E-state index contributed by atoms with van der Waals surface area (Å²) in [4.78, 5) is 2.41. The first-order chi connectivity index (χ1) is 61.1. The highest BCUT2D eigenvalue weighted by molar-refractivity contribution is 9.10. The Kier molecular flexibility index (Phi) is 15.4. The summed E-state index contributed by atoms with van der Waals surface area (Å²) in [5.74, 6) is 0. The summed E-state index contributed by atoms with van der Waals surface area (Å²) in [7, 11) is 0. The fourth-order valence-corrected chi connectivity index (χ4v) is 22.6. The van der Waals surface area contributed by atoms with Crippen LogP contribution in [0.1, 0.15) is 0 Å². The van der Waals surface area contributed by atoms with Gasteiger partial charge in [-0.25, -0.2) is 0 Å². The Morgan fingerprint density at radius 2 is 0.382 bits per heavy atom. The highest BCUT2D eigenvalue weighted by Gasteiger charge is 2.33. The van der Waals surface area contributed by atoms with E-state index in [2.05, 4.69) is 390 Å². The van der Waals surface area contributed by atoms with Gasteiger partial charge >= 0.3 is 0 Å². The average molecular weight is 1620 g/mol. The molecule has 1 N–H and O–H groups in total. The number of anilines is 5. The Labute approximate surface area is 716 Å². The smallest absolute Gasteiger partial charge is 0.0540 e. The molecule has 0 atom stereocenters. The molecule has 2 nitrogen and oxygen atoms in total. The SMILES string of the molecule is Brc1ccc2c3c(-c4ccccc4)c4c5ccc6c7cccc8cccc(c9ccc(c4c(-c4ccccc4)c3c3cccc1c32)c5c96)c87.c1ccc(-c2c3c4cccc5c(N(c6ccccc6)c6ccccc6)ccc(c3c(-c3ccccc3)c3c6ccc7c8cccc9cccc(c%10ccc(c23)c6c%107)c98)c54)cc1.c1ccc(Nc2ccccc2)cc1. The van der Waals surface area contributed by atoms with Gasteiger partial charge in [-0.05, 0) is 294 Å². The Bertz CT molecular complexity index is 8610. The van der Waals surface area contributed by atoms with Crippen LogP contribution < -0.4 is 10.2 Å². The van der Waals surface area contributed by atoms with E-state index in [0.29, 0.717) is 0 Å². The van der Waals surface area contributed by atoms with E-state index in [1.165, 1.54) is 244 Å². The van der Waals surface area contributed by atoms with Gasteiger partial charge in [0.1, 0.15) is 0 Å². The summed E-state index contributed by atoms with van der Waals surface area (Å²) in [5, 5.41) is 51.1. The van der Waals surface area contributed by atoms with Crippen LogP contribution in [-0.4, -0.2) is 0 Å². The van der Waals surface area contributed by atoms with Crippen LogP contribution in [0.2, 0.25) is 0 Å². The zero-order chi connectivity index (χ0) is 80.6. The van der Waals surface area contributed by atoms with E-state index < -0.39 is 0 Å². The molecule has 28 rings (SSSR count). The second-order valence-corrected chi connectivity index (χ2v) is 33.9. The average Bonchev–Trinajstić information content (AvgIpc) is 1.52. The number of benzene rings is 24. The van der Waals surface area contributed by atoms with Gasteiger partial charge in [0.15, 0.2) is 0 Å². The summed E-state index contributed by atoms with van der Waals surface area (Å²) in [5.41, 5.74) is 15.9. The summed E-state index contributed by atoms with van der Waals surface area (Å²) in [6.07, 6.45) is 0. The molecular formula is C120H71BrN2. The predicted molar refractivity (Wildman–Crippen MR) is 535 cm³/mol. The van der Waals surface area contributed by atoms with E-state index in [1.807, 2.05) is 60.7 Å². The summed E-state index contributed by atoms with van der Waals surface area (Å²) in [6, 6.07) is 156. The van der Waals surface area contributed by atoms with E-state index >= 15 is 0 Å². The Morgan fingerprint density at radius 1 is 0.154 bits per heavy atom. The molecule has 28 aromatic rings. The van der Waals surface area contributed by atoms with E-state index in [4.69, 9.17) is 0 Å². The van der Waals surface area contributed by atoms with Crippen LogP contribution in [0.4, 0.5) is 28.4 Å². The van der Waals surface area contributed by atoms with Gasteiger partial charge < -0.3 is 10.2 Å². The number of nitrogens with one attached hydrogen (secondary N) is 1. The normalized spacial score (nSPS) is 12.1. The lowest BCUT2D eigenvalue weighted by atomic mass is 9.87. The molecule has 0 aliphatic heterocycles. The lowest BCUT2D eigenvalue weighted by Gasteiger charge is -2.27. The third kappa shape index (κ3) is 10.1. The Morgan fingerprint density at radius 3 is 0.724 bits per heavy atom. The number of fused-ring (bicyclic) bond motifs is 16. The number of halogens is 1. The van der Waals surface area contributed by atoms with Gasteiger partial charge in [-0.2, -0.15) is 0 Å². The van der Waals surface area contributed by atoms with Crippen molar-refractivity contribution in [1.29, 1.82) is 0 Å². The van der Waals surface area contributed by atoms with Crippen molar-refractivity contribution in [3.8, 4) is 44.5 Å². The first-order valence-corrected chi connectivity index (χ1v) is 43.4. The lowest BCUT2D eigenvalue weighted by molar-refractivity contribution is 1.30. The Hall–Kier alpha value is -15.5. The van der Waals surface area contributed by atoms with Crippen molar-refractivity contribution < 1.29 is 0 Å². The Balaban J connectivity index is 0.000000117. The summed E-state index contributed by atoms with van der Waals surface area (Å²) >= 11 is 3.91. The van der Waals surface area contributed by atoms with Gasteiger partial charge in [0.2, 0.25) is 0 Å². The zero-order valence-corrected chi connectivity index (χ0v) is 68.3. The minimum absolute atomic E-state index is 1.12. The standard InChI is InChI=1S/C60H35N.C48H25Br.C12H11N/c1-5-16-37(17-6-1)52-57-46-29-15-28-45-50(61(39-22-9-3-10-23-39)40-24-11-4-12-25-40)35-34-47(54(45)46)58(57)53(38-18-7-2-8-19-38)60-49-33-31-44-42-27-14-21-36-20-13-26-41(51(36)42)43-30-32-48(59(52)60)56(49)55(43)44;49-38-25-24-35-42-33(38)18-9-19-34(42)45-40(27-10-3-1-4-11-27)47-36-22-20-31-29-16-7-14-26-15-8-17-30(39(26)29)32-21-23-37(44(36)43(31)32)48(47)41(46(35)45)28-12-5-2-6-13-28;1-3-7-11(8-4-1)13-12-9-5-2-6-10-12/h1-35H;1-25H;1-10,13H. The topological polar surface area (TPSA) is 15.3 Å². The van der Waals surface area contributed by atoms with Crippen molar-refractivity contribution >= 4 is 238 Å². The number of nitrogens with zero attached hydrogens (tertiary/aromatic N) is 1. The van der Waals surface area contributed by atoms with Gasteiger partial charge in [-0.3, -0.25) is 0 Å². The fraction of sp³-hybridized carbons (Fsp3) is 0. The summed E-state index contributed by atoms with van der Waals surface area (Å²) in [6.45, 7) is 0. The van der Waals surface area contributed by atoms with E-state index in [0.717, 1.165) is 27.2 Å². The quantitative estimate of drug-likeness (QED) is 0.114. The maximum atomic E-state index is 3.91. The molecule has 0 spiro atoms. The largest absolute Gasteiger partial charge is 0.356 e. The van der Waals surface area contributed by atoms with Crippen LogP contribution in [0.15, 0.2) is 429 Å². The van der Waals surface area contributed by atoms with E-state index in [9.17, 15) is 0 Å². The molecule has 0 fully saturated rings. The zero-order valence-electron chi connectivity index (χ0n) is 66.7. The van der Waals surface area contributed by atoms with Crippen LogP contribution in [0, 0.1) is 0 Å². The maximum absolute atomic E-state index is 3.91. The number of rotatable bonds is 9. The van der Waals surface area contributed by atoms with Crippen LogP contribution in [0.25, 0.3) is 238 Å². The lowest BCUT2D eigenvalue weighted by Crippen LogP contribution is -2.10. The van der Waals surface area contributed by atoms with Crippen molar-refractivity contribution in [3.63, 3.8) is 0 Å². The van der Waals surface area contributed by atoms with Crippen molar-refractivity contribution in [2.75, 3.05) is 10.2 Å². The molecule has 0 saturated heterocycles. The first kappa shape index (κ1) is 69.4. The molecule has 568 valence electrons. The molecule has 0 aliphatic rings. The second kappa shape index (κ2) is 27.3. The van der Waals surface area contributed by atoms with Gasteiger partial charge in [0.25, 0.3) is 0 Å². The van der Waals surface area contributed by atoms with Gasteiger partial charge in [-0.15, -0.1) is 0 Å². The van der Waals surface area contributed by atoms with Gasteiger partial charge in [-0.1, -0.05) is 380 Å². The molecule has 0 amide bonds.